The van der Waals surface area contributed by atoms with Gasteiger partial charge in [0.1, 0.15) is 12.4 Å². The van der Waals surface area contributed by atoms with Gasteiger partial charge in [-0.2, -0.15) is 0 Å². The molecule has 0 atom stereocenters. The maximum Gasteiger partial charge on any atom is 0.407 e. The third kappa shape index (κ3) is 4.32. The van der Waals surface area contributed by atoms with Crippen molar-refractivity contribution in [1.29, 1.82) is 0 Å². The number of phenols is 1. The highest BCUT2D eigenvalue weighted by atomic mass is 35.5. The Morgan fingerprint density at radius 2 is 1.92 bits per heavy atom. The average Bonchev–Trinajstić information content (AvgIpc) is 2.55. The van der Waals surface area contributed by atoms with Crippen molar-refractivity contribution >= 4 is 23.4 Å². The van der Waals surface area contributed by atoms with Crippen LogP contribution in [0.25, 0.3) is 0 Å². The zero-order valence-corrected chi connectivity index (χ0v) is 13.8. The molecule has 0 spiro atoms. The van der Waals surface area contributed by atoms with E-state index in [4.69, 9.17) is 16.3 Å². The molecule has 1 aliphatic carbocycles. The molecular formula is C18H19ClN2O3. The van der Waals surface area contributed by atoms with Crippen molar-refractivity contribution in [3.63, 3.8) is 0 Å². The highest BCUT2D eigenvalue weighted by molar-refractivity contribution is 6.32. The van der Waals surface area contributed by atoms with E-state index in [0.717, 1.165) is 24.1 Å². The minimum Gasteiger partial charge on any atom is -0.506 e. The molecular weight excluding hydrogens is 328 g/mol. The molecule has 1 amide bonds. The molecule has 24 heavy (non-hydrogen) atoms. The SMILES string of the molecule is O=C(NC1CC(Nc2ccc(O)c(Cl)c2)C1)OCc1ccccc1. The van der Waals surface area contributed by atoms with Crippen molar-refractivity contribution in [3.05, 3.63) is 59.1 Å². The zero-order chi connectivity index (χ0) is 16.9. The number of phenolic OH excluding ortho intramolecular Hbond substituents is 1. The Hall–Kier alpha value is -2.40. The normalized spacial score (nSPS) is 19.2. The predicted molar refractivity (Wildman–Crippen MR) is 93.3 cm³/mol. The number of benzene rings is 2. The van der Waals surface area contributed by atoms with Crippen LogP contribution in [0, 0.1) is 0 Å². The second-order valence-electron chi connectivity index (χ2n) is 5.88. The van der Waals surface area contributed by atoms with Crippen LogP contribution in [0.1, 0.15) is 18.4 Å². The molecule has 0 bridgehead atoms. The van der Waals surface area contributed by atoms with Crippen molar-refractivity contribution in [2.24, 2.45) is 0 Å². The van der Waals surface area contributed by atoms with Gasteiger partial charge in [-0.3, -0.25) is 0 Å². The first-order valence-corrected chi connectivity index (χ1v) is 8.20. The molecule has 126 valence electrons. The van der Waals surface area contributed by atoms with Gasteiger partial charge in [0.15, 0.2) is 0 Å². The number of hydrogen-bond acceptors (Lipinski definition) is 4. The molecule has 0 heterocycles. The van der Waals surface area contributed by atoms with Crippen molar-refractivity contribution in [3.8, 4) is 5.75 Å². The lowest BCUT2D eigenvalue weighted by molar-refractivity contribution is 0.129. The van der Waals surface area contributed by atoms with Crippen molar-refractivity contribution in [1.82, 2.24) is 5.32 Å². The van der Waals surface area contributed by atoms with Crippen LogP contribution in [0.3, 0.4) is 0 Å². The summed E-state index contributed by atoms with van der Waals surface area (Å²) < 4.78 is 5.20. The minimum absolute atomic E-state index is 0.0662. The van der Waals surface area contributed by atoms with E-state index in [0.29, 0.717) is 5.02 Å². The monoisotopic (exact) mass is 346 g/mol. The standard InChI is InChI=1S/C18H19ClN2O3/c19-16-10-13(6-7-17(16)22)20-14-8-15(9-14)21-18(23)24-11-12-4-2-1-3-5-12/h1-7,10,14-15,20,22H,8-9,11H2,(H,21,23). The lowest BCUT2D eigenvalue weighted by Crippen LogP contribution is -2.49. The predicted octanol–water partition coefficient (Wildman–Crippen LogP) is 3.91. The second-order valence-corrected chi connectivity index (χ2v) is 6.29. The molecule has 0 saturated heterocycles. The molecule has 0 aromatic heterocycles. The maximum absolute atomic E-state index is 11.8. The van der Waals surface area contributed by atoms with Gasteiger partial charge in [0.25, 0.3) is 0 Å². The number of aromatic hydroxyl groups is 1. The number of alkyl carbamates (subject to hydrolysis) is 1. The smallest absolute Gasteiger partial charge is 0.407 e. The number of anilines is 1. The molecule has 1 saturated carbocycles. The van der Waals surface area contributed by atoms with Crippen LogP contribution in [0.15, 0.2) is 48.5 Å². The summed E-state index contributed by atoms with van der Waals surface area (Å²) in [6.45, 7) is 0.271. The fourth-order valence-electron chi connectivity index (χ4n) is 2.62. The molecule has 2 aromatic carbocycles. The quantitative estimate of drug-likeness (QED) is 0.718. The van der Waals surface area contributed by atoms with Gasteiger partial charge in [-0.25, -0.2) is 4.79 Å². The first-order valence-electron chi connectivity index (χ1n) is 7.82. The number of hydrogen-bond donors (Lipinski definition) is 3. The lowest BCUT2D eigenvalue weighted by atomic mass is 9.86. The maximum atomic E-state index is 11.8. The number of nitrogens with one attached hydrogen (secondary N) is 2. The molecule has 3 rings (SSSR count). The van der Waals surface area contributed by atoms with Gasteiger partial charge in [-0.15, -0.1) is 0 Å². The van der Waals surface area contributed by atoms with E-state index in [1.165, 1.54) is 0 Å². The molecule has 5 nitrogen and oxygen atoms in total. The summed E-state index contributed by atoms with van der Waals surface area (Å²) in [5.74, 6) is 0.0662. The Balaban J connectivity index is 1.37. The molecule has 6 heteroatoms. The van der Waals surface area contributed by atoms with Crippen LogP contribution in [-0.4, -0.2) is 23.3 Å². The first kappa shape index (κ1) is 16.5. The van der Waals surface area contributed by atoms with Gasteiger partial charge < -0.3 is 20.5 Å². The van der Waals surface area contributed by atoms with Gasteiger partial charge >= 0.3 is 6.09 Å². The Morgan fingerprint density at radius 3 is 2.62 bits per heavy atom. The van der Waals surface area contributed by atoms with Crippen LogP contribution in [0.4, 0.5) is 10.5 Å². The summed E-state index contributed by atoms with van der Waals surface area (Å²) in [5.41, 5.74) is 1.82. The number of ether oxygens (including phenoxy) is 1. The topological polar surface area (TPSA) is 70.6 Å². The molecule has 1 aliphatic rings. The summed E-state index contributed by atoms with van der Waals surface area (Å²) in [6.07, 6.45) is 1.24. The molecule has 0 aliphatic heterocycles. The van der Waals surface area contributed by atoms with E-state index in [-0.39, 0.29) is 24.4 Å². The third-order valence-electron chi connectivity index (χ3n) is 3.99. The van der Waals surface area contributed by atoms with Crippen LogP contribution < -0.4 is 10.6 Å². The fraction of sp³-hybridized carbons (Fsp3) is 0.278. The van der Waals surface area contributed by atoms with Crippen LogP contribution in [0.5, 0.6) is 5.75 Å². The summed E-state index contributed by atoms with van der Waals surface area (Å²) in [5, 5.41) is 15.9. The van der Waals surface area contributed by atoms with Crippen molar-refractivity contribution in [2.45, 2.75) is 31.5 Å². The number of rotatable bonds is 5. The Bertz CT molecular complexity index is 703. The third-order valence-corrected chi connectivity index (χ3v) is 4.29. The van der Waals surface area contributed by atoms with Crippen molar-refractivity contribution < 1.29 is 14.6 Å². The highest BCUT2D eigenvalue weighted by Crippen LogP contribution is 2.29. The average molecular weight is 347 g/mol. The summed E-state index contributed by atoms with van der Waals surface area (Å²) in [7, 11) is 0. The number of amides is 1. The fourth-order valence-corrected chi connectivity index (χ4v) is 2.80. The van der Waals surface area contributed by atoms with Crippen LogP contribution >= 0.6 is 11.6 Å². The van der Waals surface area contributed by atoms with Gasteiger partial charge in [-0.05, 0) is 36.6 Å². The van der Waals surface area contributed by atoms with E-state index in [9.17, 15) is 9.90 Å². The van der Waals surface area contributed by atoms with Gasteiger partial charge in [0, 0.05) is 17.8 Å². The highest BCUT2D eigenvalue weighted by Gasteiger charge is 2.30. The van der Waals surface area contributed by atoms with Crippen molar-refractivity contribution in [2.75, 3.05) is 5.32 Å². The van der Waals surface area contributed by atoms with Gasteiger partial charge in [0.2, 0.25) is 0 Å². The number of halogens is 1. The van der Waals surface area contributed by atoms with Gasteiger partial charge in [0.05, 0.1) is 5.02 Å². The summed E-state index contributed by atoms with van der Waals surface area (Å²) >= 11 is 5.88. The minimum atomic E-state index is -0.394. The second kappa shape index (κ2) is 7.45. The Kier molecular flexibility index (Phi) is 5.11. The van der Waals surface area contributed by atoms with Gasteiger partial charge in [-0.1, -0.05) is 41.9 Å². The van der Waals surface area contributed by atoms with E-state index in [1.54, 1.807) is 18.2 Å². The largest absolute Gasteiger partial charge is 0.506 e. The Morgan fingerprint density at radius 1 is 1.17 bits per heavy atom. The summed E-state index contributed by atoms with van der Waals surface area (Å²) in [6, 6.07) is 15.0. The van der Waals surface area contributed by atoms with E-state index in [2.05, 4.69) is 10.6 Å². The molecule has 2 aromatic rings. The molecule has 0 unspecified atom stereocenters. The molecule has 1 fully saturated rings. The zero-order valence-electron chi connectivity index (χ0n) is 13.0. The molecule has 0 radical (unpaired) electrons. The first-order chi connectivity index (χ1) is 11.6. The number of carbonyl (C=O) groups excluding carboxylic acids is 1. The lowest BCUT2D eigenvalue weighted by Gasteiger charge is -2.36. The molecule has 3 N–H and O–H groups in total. The summed E-state index contributed by atoms with van der Waals surface area (Å²) in [4.78, 5) is 11.8. The Labute approximate surface area is 145 Å². The van der Waals surface area contributed by atoms with Crippen LogP contribution in [0.2, 0.25) is 5.02 Å². The number of carbonyl (C=O) groups is 1. The van der Waals surface area contributed by atoms with E-state index in [1.807, 2.05) is 30.3 Å². The van der Waals surface area contributed by atoms with Crippen LogP contribution in [-0.2, 0) is 11.3 Å². The van der Waals surface area contributed by atoms with E-state index < -0.39 is 6.09 Å². The van der Waals surface area contributed by atoms with E-state index >= 15 is 0 Å².